The van der Waals surface area contributed by atoms with Gasteiger partial charge in [0.25, 0.3) is 0 Å². The maximum Gasteiger partial charge on any atom is 0.162 e. The number of nitrogens with one attached hydrogen (secondary N) is 1. The number of benzene rings is 1. The summed E-state index contributed by atoms with van der Waals surface area (Å²) in [7, 11) is 0. The SMILES string of the molecule is CCCCCCCCCCCCCCCCNCCCC(=O)c1ccc(F)cc1. The molecule has 0 heterocycles. The van der Waals surface area contributed by atoms with Gasteiger partial charge in [0, 0.05) is 12.0 Å². The van der Waals surface area contributed by atoms with Crippen molar-refractivity contribution in [2.45, 2.75) is 110 Å². The highest BCUT2D eigenvalue weighted by Crippen LogP contribution is 2.13. The Morgan fingerprint density at radius 1 is 0.690 bits per heavy atom. The Morgan fingerprint density at radius 3 is 1.66 bits per heavy atom. The number of rotatable bonds is 20. The molecule has 0 aliphatic heterocycles. The molecule has 0 atom stereocenters. The molecule has 3 heteroatoms. The van der Waals surface area contributed by atoms with Gasteiger partial charge in [-0.25, -0.2) is 4.39 Å². The number of carbonyl (C=O) groups excluding carboxylic acids is 1. The molecule has 0 aromatic heterocycles. The average Bonchev–Trinajstić information content (AvgIpc) is 2.73. The summed E-state index contributed by atoms with van der Waals surface area (Å²) in [4.78, 5) is 12.0. The molecular weight excluding hydrogens is 361 g/mol. The van der Waals surface area contributed by atoms with Gasteiger partial charge in [-0.3, -0.25) is 4.79 Å². The van der Waals surface area contributed by atoms with Crippen molar-refractivity contribution in [1.82, 2.24) is 5.32 Å². The zero-order valence-corrected chi connectivity index (χ0v) is 18.8. The van der Waals surface area contributed by atoms with Crippen molar-refractivity contribution < 1.29 is 9.18 Å². The lowest BCUT2D eigenvalue weighted by molar-refractivity contribution is 0.0980. The standard InChI is InChI=1S/C26H44FNO/c1-2-3-4-5-6-7-8-9-10-11-12-13-14-15-22-28-23-16-17-26(29)24-18-20-25(27)21-19-24/h18-21,28H,2-17,22-23H2,1H3. The van der Waals surface area contributed by atoms with Crippen LogP contribution in [0, 0.1) is 5.82 Å². The van der Waals surface area contributed by atoms with E-state index >= 15 is 0 Å². The second-order valence-corrected chi connectivity index (χ2v) is 8.38. The van der Waals surface area contributed by atoms with Gasteiger partial charge in [0.05, 0.1) is 0 Å². The first-order valence-corrected chi connectivity index (χ1v) is 12.2. The number of ketones is 1. The van der Waals surface area contributed by atoms with Crippen LogP contribution in [-0.4, -0.2) is 18.9 Å². The van der Waals surface area contributed by atoms with Gasteiger partial charge in [0.1, 0.15) is 5.82 Å². The molecule has 0 fully saturated rings. The molecule has 1 aromatic carbocycles. The van der Waals surface area contributed by atoms with Gasteiger partial charge in [-0.1, -0.05) is 90.4 Å². The van der Waals surface area contributed by atoms with Crippen molar-refractivity contribution in [1.29, 1.82) is 0 Å². The third-order valence-corrected chi connectivity index (χ3v) is 5.63. The van der Waals surface area contributed by atoms with Crippen LogP contribution in [0.2, 0.25) is 0 Å². The number of unbranched alkanes of at least 4 members (excludes halogenated alkanes) is 13. The average molecular weight is 406 g/mol. The Labute approximate surface area is 179 Å². The molecule has 0 aliphatic carbocycles. The zero-order chi connectivity index (χ0) is 21.0. The molecule has 1 N–H and O–H groups in total. The topological polar surface area (TPSA) is 29.1 Å². The Kier molecular flexibility index (Phi) is 16.7. The largest absolute Gasteiger partial charge is 0.317 e. The van der Waals surface area contributed by atoms with E-state index in [0.717, 1.165) is 19.5 Å². The second kappa shape index (κ2) is 18.8. The molecule has 0 spiro atoms. The predicted octanol–water partition coefficient (Wildman–Crippen LogP) is 7.86. The van der Waals surface area contributed by atoms with E-state index in [9.17, 15) is 9.18 Å². The highest BCUT2D eigenvalue weighted by atomic mass is 19.1. The fourth-order valence-electron chi connectivity index (χ4n) is 3.72. The lowest BCUT2D eigenvalue weighted by atomic mass is 10.0. The summed E-state index contributed by atoms with van der Waals surface area (Å²) < 4.78 is 12.9. The van der Waals surface area contributed by atoms with E-state index in [0.29, 0.717) is 12.0 Å². The van der Waals surface area contributed by atoms with Crippen molar-refractivity contribution >= 4 is 5.78 Å². The van der Waals surface area contributed by atoms with Crippen LogP contribution in [0.25, 0.3) is 0 Å². The summed E-state index contributed by atoms with van der Waals surface area (Å²) >= 11 is 0. The van der Waals surface area contributed by atoms with Crippen LogP contribution in [0.3, 0.4) is 0 Å². The molecular formula is C26H44FNO. The number of hydrogen-bond acceptors (Lipinski definition) is 2. The maximum absolute atomic E-state index is 12.9. The molecule has 1 aromatic rings. The summed E-state index contributed by atoms with van der Waals surface area (Å²) in [5, 5.41) is 3.43. The fraction of sp³-hybridized carbons (Fsp3) is 0.731. The van der Waals surface area contributed by atoms with E-state index in [-0.39, 0.29) is 11.6 Å². The summed E-state index contributed by atoms with van der Waals surface area (Å²) in [6.07, 6.45) is 20.8. The number of carbonyl (C=O) groups is 1. The third kappa shape index (κ3) is 15.3. The van der Waals surface area contributed by atoms with Gasteiger partial charge < -0.3 is 5.32 Å². The molecule has 0 aliphatic rings. The van der Waals surface area contributed by atoms with Crippen LogP contribution in [-0.2, 0) is 0 Å². The van der Waals surface area contributed by atoms with E-state index < -0.39 is 0 Å². The fourth-order valence-corrected chi connectivity index (χ4v) is 3.72. The Morgan fingerprint density at radius 2 is 1.14 bits per heavy atom. The Balaban J connectivity index is 1.77. The summed E-state index contributed by atoms with van der Waals surface area (Å²) in [6.45, 7) is 4.20. The van der Waals surface area contributed by atoms with Gasteiger partial charge in [0.2, 0.25) is 0 Å². The minimum atomic E-state index is -0.295. The quantitative estimate of drug-likeness (QED) is 0.177. The van der Waals surface area contributed by atoms with E-state index in [1.165, 1.54) is 102 Å². The first kappa shape index (κ1) is 25.8. The van der Waals surface area contributed by atoms with Crippen LogP contribution in [0.4, 0.5) is 4.39 Å². The Hall–Kier alpha value is -1.22. The first-order valence-electron chi connectivity index (χ1n) is 12.2. The van der Waals surface area contributed by atoms with E-state index in [2.05, 4.69) is 12.2 Å². The van der Waals surface area contributed by atoms with Crippen LogP contribution in [0.5, 0.6) is 0 Å². The van der Waals surface area contributed by atoms with Gasteiger partial charge in [-0.15, -0.1) is 0 Å². The van der Waals surface area contributed by atoms with Crippen LogP contribution >= 0.6 is 0 Å². The first-order chi connectivity index (χ1) is 14.2. The smallest absolute Gasteiger partial charge is 0.162 e. The summed E-state index contributed by atoms with van der Waals surface area (Å²) in [5.41, 5.74) is 0.610. The van der Waals surface area contributed by atoms with Crippen molar-refractivity contribution in [3.8, 4) is 0 Å². The van der Waals surface area contributed by atoms with Gasteiger partial charge in [-0.2, -0.15) is 0 Å². The van der Waals surface area contributed by atoms with E-state index in [1.54, 1.807) is 12.1 Å². The van der Waals surface area contributed by atoms with Crippen molar-refractivity contribution in [3.63, 3.8) is 0 Å². The van der Waals surface area contributed by atoms with Crippen molar-refractivity contribution in [2.24, 2.45) is 0 Å². The zero-order valence-electron chi connectivity index (χ0n) is 18.8. The molecule has 0 saturated carbocycles. The number of hydrogen-bond donors (Lipinski definition) is 1. The molecule has 2 nitrogen and oxygen atoms in total. The van der Waals surface area contributed by atoms with Gasteiger partial charge >= 0.3 is 0 Å². The highest BCUT2D eigenvalue weighted by Gasteiger charge is 2.05. The molecule has 0 saturated heterocycles. The maximum atomic E-state index is 12.9. The summed E-state index contributed by atoms with van der Waals surface area (Å²) in [5.74, 6) is -0.195. The van der Waals surface area contributed by atoms with Crippen molar-refractivity contribution in [2.75, 3.05) is 13.1 Å². The minimum absolute atomic E-state index is 0.100. The van der Waals surface area contributed by atoms with Crippen LogP contribution in [0.15, 0.2) is 24.3 Å². The summed E-state index contributed by atoms with van der Waals surface area (Å²) in [6, 6.07) is 5.83. The molecule has 166 valence electrons. The Bertz CT molecular complexity index is 500. The lowest BCUT2D eigenvalue weighted by Crippen LogP contribution is -2.17. The molecule has 29 heavy (non-hydrogen) atoms. The molecule has 0 amide bonds. The number of halogens is 1. The van der Waals surface area contributed by atoms with E-state index in [1.807, 2.05) is 0 Å². The minimum Gasteiger partial charge on any atom is -0.317 e. The van der Waals surface area contributed by atoms with Crippen molar-refractivity contribution in [3.05, 3.63) is 35.6 Å². The molecule has 1 rings (SSSR count). The van der Waals surface area contributed by atoms with Gasteiger partial charge in [0.15, 0.2) is 5.78 Å². The van der Waals surface area contributed by atoms with Crippen LogP contribution in [0.1, 0.15) is 120 Å². The monoisotopic (exact) mass is 405 g/mol. The molecule has 0 radical (unpaired) electrons. The molecule has 0 bridgehead atoms. The van der Waals surface area contributed by atoms with Crippen LogP contribution < -0.4 is 5.32 Å². The number of Topliss-reactive ketones (excluding diaryl/α,β-unsaturated/α-hetero) is 1. The predicted molar refractivity (Wildman–Crippen MR) is 123 cm³/mol. The van der Waals surface area contributed by atoms with E-state index in [4.69, 9.17) is 0 Å². The lowest BCUT2D eigenvalue weighted by Gasteiger charge is -2.05. The highest BCUT2D eigenvalue weighted by molar-refractivity contribution is 5.95. The van der Waals surface area contributed by atoms with Gasteiger partial charge in [-0.05, 0) is 50.2 Å². The second-order valence-electron chi connectivity index (χ2n) is 8.38. The normalized spacial score (nSPS) is 11.1. The third-order valence-electron chi connectivity index (χ3n) is 5.63. The molecule has 0 unspecified atom stereocenters.